The smallest absolute Gasteiger partial charge is 0.0205 e. The molecule has 12 heavy (non-hydrogen) atoms. The second kappa shape index (κ2) is 6.37. The van der Waals surface area contributed by atoms with E-state index in [4.69, 9.17) is 5.73 Å². The fraction of sp³-hybridized carbons (Fsp3) is 1.00. The number of hydrogen-bond donors (Lipinski definition) is 4. The molecular formula is C8H20N4. The molecule has 1 aliphatic rings. The molecule has 0 aromatic carbocycles. The maximum Gasteiger partial charge on any atom is 0.0205 e. The lowest BCUT2D eigenvalue weighted by atomic mass is 10.1. The van der Waals surface area contributed by atoms with Crippen LogP contribution >= 0.6 is 0 Å². The number of hydrogen-bond acceptors (Lipinski definition) is 4. The van der Waals surface area contributed by atoms with Gasteiger partial charge in [0, 0.05) is 38.8 Å². The predicted octanol–water partition coefficient (Wildman–Crippen LogP) is -1.51. The Morgan fingerprint density at radius 1 is 1.33 bits per heavy atom. The van der Waals surface area contributed by atoms with Crippen LogP contribution in [0.5, 0.6) is 0 Å². The molecule has 1 unspecified atom stereocenters. The average Bonchev–Trinajstić information content (AvgIpc) is 2.14. The Hall–Kier alpha value is -0.160. The lowest BCUT2D eigenvalue weighted by Gasteiger charge is -2.24. The lowest BCUT2D eigenvalue weighted by Crippen LogP contribution is -2.49. The summed E-state index contributed by atoms with van der Waals surface area (Å²) in [4.78, 5) is 0. The van der Waals surface area contributed by atoms with Crippen LogP contribution in [0, 0.1) is 0 Å². The second-order valence-corrected chi connectivity index (χ2v) is 3.18. The molecule has 0 aromatic rings. The van der Waals surface area contributed by atoms with Gasteiger partial charge in [-0.25, -0.2) is 0 Å². The molecule has 1 rings (SSSR count). The van der Waals surface area contributed by atoms with Crippen molar-refractivity contribution in [2.75, 3.05) is 39.3 Å². The van der Waals surface area contributed by atoms with Gasteiger partial charge < -0.3 is 21.7 Å². The first-order chi connectivity index (χ1) is 5.93. The molecule has 4 nitrogen and oxygen atoms in total. The predicted molar refractivity (Wildman–Crippen MR) is 51.2 cm³/mol. The van der Waals surface area contributed by atoms with Crippen LogP contribution in [0.1, 0.15) is 6.42 Å². The molecule has 0 bridgehead atoms. The Bertz CT molecular complexity index is 101. The molecule has 1 atom stereocenters. The van der Waals surface area contributed by atoms with Gasteiger partial charge in [0.15, 0.2) is 0 Å². The summed E-state index contributed by atoms with van der Waals surface area (Å²) in [7, 11) is 0. The zero-order chi connectivity index (χ0) is 8.65. The van der Waals surface area contributed by atoms with Crippen LogP contribution in [0.4, 0.5) is 0 Å². The number of rotatable bonds is 5. The third-order valence-electron chi connectivity index (χ3n) is 2.12. The summed E-state index contributed by atoms with van der Waals surface area (Å²) in [6.07, 6.45) is 1.19. The second-order valence-electron chi connectivity index (χ2n) is 3.18. The first-order valence-corrected chi connectivity index (χ1v) is 4.78. The van der Waals surface area contributed by atoms with Crippen LogP contribution in [0.25, 0.3) is 0 Å². The average molecular weight is 172 g/mol. The summed E-state index contributed by atoms with van der Waals surface area (Å²) in [5, 5.41) is 10.1. The molecular weight excluding hydrogens is 152 g/mol. The highest BCUT2D eigenvalue weighted by Crippen LogP contribution is 1.91. The van der Waals surface area contributed by atoms with Crippen LogP contribution in [-0.2, 0) is 0 Å². The summed E-state index contributed by atoms with van der Waals surface area (Å²) in [6, 6.07) is 0.643. The van der Waals surface area contributed by atoms with E-state index < -0.39 is 0 Å². The maximum absolute atomic E-state index is 5.36. The minimum absolute atomic E-state index is 0.643. The molecule has 5 N–H and O–H groups in total. The van der Waals surface area contributed by atoms with Crippen LogP contribution in [-0.4, -0.2) is 45.3 Å². The molecule has 1 saturated heterocycles. The van der Waals surface area contributed by atoms with Crippen molar-refractivity contribution >= 4 is 0 Å². The first kappa shape index (κ1) is 9.92. The van der Waals surface area contributed by atoms with Gasteiger partial charge in [-0.15, -0.1) is 0 Å². The van der Waals surface area contributed by atoms with E-state index in [0.717, 1.165) is 39.3 Å². The van der Waals surface area contributed by atoms with Gasteiger partial charge in [-0.1, -0.05) is 0 Å². The Morgan fingerprint density at radius 3 is 2.92 bits per heavy atom. The Morgan fingerprint density at radius 2 is 2.25 bits per heavy atom. The Balaban J connectivity index is 1.91. The highest BCUT2D eigenvalue weighted by molar-refractivity contribution is 4.75. The molecule has 0 aromatic heterocycles. The summed E-state index contributed by atoms with van der Waals surface area (Å²) in [6.45, 7) is 6.03. The molecule has 0 amide bonds. The van der Waals surface area contributed by atoms with E-state index in [1.54, 1.807) is 0 Å². The monoisotopic (exact) mass is 172 g/mol. The van der Waals surface area contributed by atoms with Crippen molar-refractivity contribution in [1.82, 2.24) is 16.0 Å². The molecule has 0 aliphatic carbocycles. The van der Waals surface area contributed by atoms with Gasteiger partial charge in [-0.3, -0.25) is 0 Å². The molecule has 72 valence electrons. The molecule has 0 radical (unpaired) electrons. The van der Waals surface area contributed by atoms with E-state index in [-0.39, 0.29) is 0 Å². The number of nitrogens with two attached hydrogens (primary N) is 1. The van der Waals surface area contributed by atoms with Gasteiger partial charge in [0.1, 0.15) is 0 Å². The van der Waals surface area contributed by atoms with Crippen molar-refractivity contribution in [2.24, 2.45) is 5.73 Å². The van der Waals surface area contributed by atoms with Gasteiger partial charge in [0.05, 0.1) is 0 Å². The van der Waals surface area contributed by atoms with Crippen molar-refractivity contribution < 1.29 is 0 Å². The summed E-state index contributed by atoms with van der Waals surface area (Å²) in [5.41, 5.74) is 5.36. The van der Waals surface area contributed by atoms with Crippen molar-refractivity contribution in [3.05, 3.63) is 0 Å². The Labute approximate surface area is 74.3 Å². The lowest BCUT2D eigenvalue weighted by molar-refractivity contribution is 0.393. The zero-order valence-corrected chi connectivity index (χ0v) is 7.60. The fourth-order valence-corrected chi connectivity index (χ4v) is 1.42. The SMILES string of the molecule is NCCNCCC1CNCCN1. The first-order valence-electron chi connectivity index (χ1n) is 4.78. The minimum Gasteiger partial charge on any atom is -0.329 e. The molecule has 0 saturated carbocycles. The highest BCUT2D eigenvalue weighted by Gasteiger charge is 2.10. The molecule has 1 fully saturated rings. The summed E-state index contributed by atoms with van der Waals surface area (Å²) >= 11 is 0. The van der Waals surface area contributed by atoms with E-state index >= 15 is 0 Å². The minimum atomic E-state index is 0.643. The topological polar surface area (TPSA) is 62.1 Å². The third-order valence-corrected chi connectivity index (χ3v) is 2.12. The standard InChI is InChI=1S/C8H20N4/c9-2-4-10-3-1-8-7-11-5-6-12-8/h8,10-12H,1-7,9H2. The molecule has 1 heterocycles. The molecule has 1 aliphatic heterocycles. The van der Waals surface area contributed by atoms with E-state index in [1.165, 1.54) is 6.42 Å². The van der Waals surface area contributed by atoms with E-state index in [2.05, 4.69) is 16.0 Å². The normalized spacial score (nSPS) is 24.2. The summed E-state index contributed by atoms with van der Waals surface area (Å²) < 4.78 is 0. The quantitative estimate of drug-likeness (QED) is 0.381. The number of piperazine rings is 1. The van der Waals surface area contributed by atoms with Gasteiger partial charge in [0.2, 0.25) is 0 Å². The van der Waals surface area contributed by atoms with Crippen molar-refractivity contribution in [3.8, 4) is 0 Å². The largest absolute Gasteiger partial charge is 0.329 e. The number of nitrogens with one attached hydrogen (secondary N) is 3. The van der Waals surface area contributed by atoms with Crippen molar-refractivity contribution in [2.45, 2.75) is 12.5 Å². The van der Waals surface area contributed by atoms with Crippen LogP contribution in [0.3, 0.4) is 0 Å². The van der Waals surface area contributed by atoms with Gasteiger partial charge in [0.25, 0.3) is 0 Å². The van der Waals surface area contributed by atoms with Crippen LogP contribution < -0.4 is 21.7 Å². The maximum atomic E-state index is 5.36. The van der Waals surface area contributed by atoms with E-state index in [0.29, 0.717) is 6.04 Å². The molecule has 0 spiro atoms. The van der Waals surface area contributed by atoms with E-state index in [9.17, 15) is 0 Å². The van der Waals surface area contributed by atoms with Crippen LogP contribution in [0.15, 0.2) is 0 Å². The van der Waals surface area contributed by atoms with Crippen molar-refractivity contribution in [1.29, 1.82) is 0 Å². The summed E-state index contributed by atoms with van der Waals surface area (Å²) in [5.74, 6) is 0. The Kier molecular flexibility index (Phi) is 5.27. The van der Waals surface area contributed by atoms with E-state index in [1.807, 2.05) is 0 Å². The fourth-order valence-electron chi connectivity index (χ4n) is 1.42. The van der Waals surface area contributed by atoms with Gasteiger partial charge in [-0.05, 0) is 13.0 Å². The van der Waals surface area contributed by atoms with Crippen molar-refractivity contribution in [3.63, 3.8) is 0 Å². The van der Waals surface area contributed by atoms with Gasteiger partial charge >= 0.3 is 0 Å². The third kappa shape index (κ3) is 4.01. The van der Waals surface area contributed by atoms with Gasteiger partial charge in [-0.2, -0.15) is 0 Å². The highest BCUT2D eigenvalue weighted by atomic mass is 15.1. The molecule has 4 heteroatoms. The zero-order valence-electron chi connectivity index (χ0n) is 7.60. The van der Waals surface area contributed by atoms with Crippen LogP contribution in [0.2, 0.25) is 0 Å².